The standard InChI is InChI=1S/CHNS.H4Si/c2-1-3;/h2H;1H4. The molecule has 0 amide bonds. The van der Waals surface area contributed by atoms with Crippen LogP contribution in [0.5, 0.6) is 0 Å². The maximum atomic E-state index is 5.77. The summed E-state index contributed by atoms with van der Waals surface area (Å²) in [7, 11) is 0. The summed E-state index contributed by atoms with van der Waals surface area (Å²) in [5, 5.41) is 7.36. The number of isothiocyanates is 1. The van der Waals surface area contributed by atoms with Crippen LogP contribution in [0.2, 0.25) is 0 Å². The summed E-state index contributed by atoms with van der Waals surface area (Å²) in [4.78, 5) is 0. The molecular weight excluding hydrogens is 86.2 g/mol. The van der Waals surface area contributed by atoms with Crippen LogP contribution in [0, 0.1) is 5.41 Å². The fraction of sp³-hybridized carbons (Fsp3) is 0. The van der Waals surface area contributed by atoms with E-state index in [1.54, 1.807) is 5.16 Å². The third-order valence-corrected chi connectivity index (χ3v) is 0. The Morgan fingerprint density at radius 3 is 1.75 bits per heavy atom. The van der Waals surface area contributed by atoms with Crippen LogP contribution in [0.25, 0.3) is 0 Å². The lowest BCUT2D eigenvalue weighted by Crippen LogP contribution is -1.03. The van der Waals surface area contributed by atoms with Crippen LogP contribution < -0.4 is 0 Å². The highest BCUT2D eigenvalue weighted by molar-refractivity contribution is 7.78. The van der Waals surface area contributed by atoms with Gasteiger partial charge in [0.2, 0.25) is 0 Å². The zero-order valence-corrected chi connectivity index (χ0v) is 2.22. The van der Waals surface area contributed by atoms with Gasteiger partial charge in [0.15, 0.2) is 0 Å². The van der Waals surface area contributed by atoms with Gasteiger partial charge in [0, 0.05) is 0 Å². The minimum atomic E-state index is 0. The Bertz CT molecular complexity index is 29.0. The van der Waals surface area contributed by atoms with E-state index in [0.717, 1.165) is 0 Å². The fourth-order valence-electron chi connectivity index (χ4n) is 0. The minimum Gasteiger partial charge on any atom is -0.248 e. The summed E-state index contributed by atoms with van der Waals surface area (Å²) >= 11 is 3.81. The van der Waals surface area contributed by atoms with Crippen LogP contribution in [0.15, 0.2) is 0 Å². The molecule has 4 heavy (non-hydrogen) atoms. The molecule has 0 fully saturated rings. The quantitative estimate of drug-likeness (QED) is 0.236. The Balaban J connectivity index is 0. The topological polar surface area (TPSA) is 23.9 Å². The second-order valence-electron chi connectivity index (χ2n) is 0.102. The summed E-state index contributed by atoms with van der Waals surface area (Å²) in [5.74, 6) is 0. The largest absolute Gasteiger partial charge is 0.248 e. The number of rotatable bonds is 0. The monoisotopic (exact) mass is 91.0 g/mol. The average Bonchev–Trinajstić information content (AvgIpc) is 0.918. The first-order valence-electron chi connectivity index (χ1n) is 0.454. The Morgan fingerprint density at radius 2 is 1.75 bits per heavy atom. The van der Waals surface area contributed by atoms with Crippen LogP contribution in [0.1, 0.15) is 0 Å². The van der Waals surface area contributed by atoms with Crippen LogP contribution in [0.4, 0.5) is 0 Å². The van der Waals surface area contributed by atoms with Crippen molar-refractivity contribution in [2.75, 3.05) is 0 Å². The average molecular weight is 91.2 g/mol. The highest BCUT2D eigenvalue weighted by Gasteiger charge is 0.975. The second-order valence-corrected chi connectivity index (χ2v) is 0.306. The molecule has 0 aliphatic carbocycles. The molecule has 1 N–H and O–H groups in total. The molecule has 0 atom stereocenters. The minimum absolute atomic E-state index is 0. The second kappa shape index (κ2) is 11.9. The highest BCUT2D eigenvalue weighted by Crippen LogP contribution is 1.16. The highest BCUT2D eigenvalue weighted by atomic mass is 32.1. The van der Waals surface area contributed by atoms with Crippen LogP contribution in [-0.4, -0.2) is 16.1 Å². The van der Waals surface area contributed by atoms with E-state index >= 15 is 0 Å². The number of thiocarbonyl (C=S) groups is 1. The van der Waals surface area contributed by atoms with Gasteiger partial charge >= 0.3 is 0 Å². The van der Waals surface area contributed by atoms with Gasteiger partial charge in [-0.05, 0) is 23.2 Å². The van der Waals surface area contributed by atoms with Crippen LogP contribution >= 0.6 is 12.2 Å². The molecule has 0 rings (SSSR count). The summed E-state index contributed by atoms with van der Waals surface area (Å²) in [5.41, 5.74) is 0. The molecule has 0 saturated carbocycles. The van der Waals surface area contributed by atoms with E-state index in [2.05, 4.69) is 12.2 Å². The SMILES string of the molecule is N=C=S.[SiH4]. The summed E-state index contributed by atoms with van der Waals surface area (Å²) < 4.78 is 0. The molecule has 0 radical (unpaired) electrons. The Kier molecular flexibility index (Phi) is 26.7. The van der Waals surface area contributed by atoms with Crippen molar-refractivity contribution in [3.05, 3.63) is 0 Å². The molecule has 0 heterocycles. The molecule has 0 unspecified atom stereocenters. The molecule has 0 spiro atoms. The number of hydrogen-bond acceptors (Lipinski definition) is 2. The maximum absolute atomic E-state index is 5.77. The van der Waals surface area contributed by atoms with Crippen molar-refractivity contribution in [2.24, 2.45) is 0 Å². The van der Waals surface area contributed by atoms with Gasteiger partial charge in [-0.25, -0.2) is 5.41 Å². The normalized spacial score (nSPS) is 2.00. The van der Waals surface area contributed by atoms with Crippen LogP contribution in [-0.2, 0) is 0 Å². The van der Waals surface area contributed by atoms with Gasteiger partial charge in [0.05, 0.1) is 5.16 Å². The van der Waals surface area contributed by atoms with Gasteiger partial charge in [-0.15, -0.1) is 0 Å². The first-order valence-corrected chi connectivity index (χ1v) is 0.862. The molecule has 0 aromatic carbocycles. The molecule has 3 heteroatoms. The molecule has 0 aliphatic heterocycles. The third kappa shape index (κ3) is 7320. The van der Waals surface area contributed by atoms with Crippen molar-refractivity contribution < 1.29 is 0 Å². The van der Waals surface area contributed by atoms with E-state index in [9.17, 15) is 0 Å². The van der Waals surface area contributed by atoms with Crippen LogP contribution in [0.3, 0.4) is 0 Å². The molecule has 0 aromatic rings. The van der Waals surface area contributed by atoms with Crippen molar-refractivity contribution in [1.82, 2.24) is 0 Å². The Labute approximate surface area is 34.6 Å². The molecule has 0 aliphatic rings. The molecule has 1 nitrogen and oxygen atoms in total. The van der Waals surface area contributed by atoms with E-state index in [-0.39, 0.29) is 11.0 Å². The van der Waals surface area contributed by atoms with Gasteiger partial charge < -0.3 is 0 Å². The van der Waals surface area contributed by atoms with E-state index in [1.165, 1.54) is 0 Å². The lowest BCUT2D eigenvalue weighted by Gasteiger charge is -1.05. The van der Waals surface area contributed by atoms with Gasteiger partial charge in [-0.1, -0.05) is 0 Å². The van der Waals surface area contributed by atoms with Gasteiger partial charge in [0.25, 0.3) is 0 Å². The molecule has 24 valence electrons. The van der Waals surface area contributed by atoms with Crippen molar-refractivity contribution in [3.8, 4) is 0 Å². The first-order chi connectivity index (χ1) is 1.41. The van der Waals surface area contributed by atoms with Crippen molar-refractivity contribution in [3.63, 3.8) is 0 Å². The summed E-state index contributed by atoms with van der Waals surface area (Å²) in [6.45, 7) is 0. The van der Waals surface area contributed by atoms with Gasteiger partial charge in [-0.3, -0.25) is 0 Å². The predicted octanol–water partition coefficient (Wildman–Crippen LogP) is -0.784. The van der Waals surface area contributed by atoms with Crippen molar-refractivity contribution in [2.45, 2.75) is 0 Å². The Morgan fingerprint density at radius 1 is 1.75 bits per heavy atom. The van der Waals surface area contributed by atoms with E-state index < -0.39 is 0 Å². The predicted molar refractivity (Wildman–Crippen MR) is 26.7 cm³/mol. The maximum Gasteiger partial charge on any atom is 0.0554 e. The molecule has 0 saturated heterocycles. The zero-order chi connectivity index (χ0) is 2.71. The lowest BCUT2D eigenvalue weighted by atomic mass is 11.8. The molecule has 0 bridgehead atoms. The van der Waals surface area contributed by atoms with Gasteiger partial charge in [0.1, 0.15) is 0 Å². The van der Waals surface area contributed by atoms with Gasteiger partial charge in [-0.2, -0.15) is 0 Å². The number of nitrogens with one attached hydrogen (secondary N) is 1. The van der Waals surface area contributed by atoms with E-state index in [4.69, 9.17) is 5.41 Å². The van der Waals surface area contributed by atoms with E-state index in [1.807, 2.05) is 0 Å². The lowest BCUT2D eigenvalue weighted by molar-refractivity contribution is 1.61. The third-order valence-electron chi connectivity index (χ3n) is 0. The van der Waals surface area contributed by atoms with E-state index in [0.29, 0.717) is 0 Å². The Hall–Kier alpha value is 0.0169. The fourth-order valence-corrected chi connectivity index (χ4v) is 0. The smallest absolute Gasteiger partial charge is 0.0554 e. The zero-order valence-electron chi connectivity index (χ0n) is 1.41. The summed E-state index contributed by atoms with van der Waals surface area (Å²) in [6, 6.07) is 0. The van der Waals surface area contributed by atoms with Crippen molar-refractivity contribution in [1.29, 1.82) is 5.41 Å². The van der Waals surface area contributed by atoms with Crippen molar-refractivity contribution >= 4 is 28.3 Å². The first kappa shape index (κ1) is 8.99. The number of hydrogen-bond donors (Lipinski definition) is 1. The molecule has 0 aromatic heterocycles. The summed E-state index contributed by atoms with van der Waals surface area (Å²) in [6.07, 6.45) is 0. The molecular formula is CH5NSSi.